The van der Waals surface area contributed by atoms with E-state index in [1.807, 2.05) is 6.07 Å². The Labute approximate surface area is 78.9 Å². The number of hydrogen-bond donors (Lipinski definition) is 1. The monoisotopic (exact) mass is 177 g/mol. The number of rotatable bonds is 1. The Bertz CT molecular complexity index is 260. The van der Waals surface area contributed by atoms with Crippen molar-refractivity contribution in [3.63, 3.8) is 0 Å². The number of benzene rings is 1. The number of morpholine rings is 1. The highest BCUT2D eigenvalue weighted by Crippen LogP contribution is 2.20. The van der Waals surface area contributed by atoms with Crippen LogP contribution in [0.15, 0.2) is 30.3 Å². The average Bonchev–Trinajstić information content (AvgIpc) is 2.19. The standard InChI is InChI=1S/C11H15NO/c1-9-7-12-8-11(13-9)10-5-3-2-4-6-10/h2-6,9,11-12H,7-8H2,1H3/t9-,11-/m0/s1. The molecule has 1 aromatic rings. The van der Waals surface area contributed by atoms with E-state index in [4.69, 9.17) is 4.74 Å². The lowest BCUT2D eigenvalue weighted by molar-refractivity contribution is -0.0287. The molecule has 2 rings (SSSR count). The molecule has 2 heteroatoms. The van der Waals surface area contributed by atoms with Crippen LogP contribution in [0.3, 0.4) is 0 Å². The third kappa shape index (κ3) is 2.08. The lowest BCUT2D eigenvalue weighted by atomic mass is 10.1. The van der Waals surface area contributed by atoms with Crippen LogP contribution in [0.4, 0.5) is 0 Å². The summed E-state index contributed by atoms with van der Waals surface area (Å²) >= 11 is 0. The minimum atomic E-state index is 0.227. The number of nitrogens with one attached hydrogen (secondary N) is 1. The Kier molecular flexibility index (Phi) is 2.62. The second kappa shape index (κ2) is 3.90. The Balaban J connectivity index is 2.08. The van der Waals surface area contributed by atoms with Crippen LogP contribution in [-0.4, -0.2) is 19.2 Å². The normalized spacial score (nSPS) is 28.7. The van der Waals surface area contributed by atoms with Crippen LogP contribution in [0, 0.1) is 0 Å². The van der Waals surface area contributed by atoms with Gasteiger partial charge in [0.15, 0.2) is 0 Å². The van der Waals surface area contributed by atoms with Gasteiger partial charge in [0, 0.05) is 13.1 Å². The molecule has 70 valence electrons. The first-order valence-electron chi connectivity index (χ1n) is 4.77. The summed E-state index contributed by atoms with van der Waals surface area (Å²) in [7, 11) is 0. The largest absolute Gasteiger partial charge is 0.368 e. The molecule has 0 bridgehead atoms. The van der Waals surface area contributed by atoms with Crippen LogP contribution in [0.2, 0.25) is 0 Å². The molecule has 0 aliphatic carbocycles. The fraction of sp³-hybridized carbons (Fsp3) is 0.455. The van der Waals surface area contributed by atoms with Gasteiger partial charge in [-0.1, -0.05) is 30.3 Å². The molecule has 1 saturated heterocycles. The zero-order chi connectivity index (χ0) is 9.10. The van der Waals surface area contributed by atoms with Gasteiger partial charge in [0.2, 0.25) is 0 Å². The molecule has 0 spiro atoms. The summed E-state index contributed by atoms with van der Waals surface area (Å²) in [5, 5.41) is 3.36. The number of hydrogen-bond acceptors (Lipinski definition) is 2. The van der Waals surface area contributed by atoms with Crippen molar-refractivity contribution >= 4 is 0 Å². The SMILES string of the molecule is C[C@H]1CNC[C@@H](c2ccccc2)O1. The first-order chi connectivity index (χ1) is 6.36. The van der Waals surface area contributed by atoms with Gasteiger partial charge in [0.25, 0.3) is 0 Å². The third-order valence-corrected chi connectivity index (χ3v) is 2.33. The lowest BCUT2D eigenvalue weighted by Crippen LogP contribution is -2.38. The van der Waals surface area contributed by atoms with E-state index in [0.717, 1.165) is 13.1 Å². The Morgan fingerprint density at radius 2 is 2.00 bits per heavy atom. The van der Waals surface area contributed by atoms with Gasteiger partial charge < -0.3 is 10.1 Å². The zero-order valence-corrected chi connectivity index (χ0v) is 7.86. The maximum Gasteiger partial charge on any atom is 0.0953 e. The summed E-state index contributed by atoms with van der Waals surface area (Å²) in [6.07, 6.45) is 0.545. The molecule has 0 aromatic heterocycles. The van der Waals surface area contributed by atoms with Crippen LogP contribution >= 0.6 is 0 Å². The predicted octanol–water partition coefficient (Wildman–Crippen LogP) is 1.74. The van der Waals surface area contributed by atoms with E-state index in [2.05, 4.69) is 36.5 Å². The summed E-state index contributed by atoms with van der Waals surface area (Å²) in [6.45, 7) is 3.99. The van der Waals surface area contributed by atoms with Gasteiger partial charge in [-0.2, -0.15) is 0 Å². The molecular weight excluding hydrogens is 162 g/mol. The molecule has 0 radical (unpaired) electrons. The molecule has 1 N–H and O–H groups in total. The molecule has 0 saturated carbocycles. The van der Waals surface area contributed by atoms with Crippen molar-refractivity contribution in [3.05, 3.63) is 35.9 Å². The molecule has 1 heterocycles. The van der Waals surface area contributed by atoms with Crippen LogP contribution in [0.25, 0.3) is 0 Å². The van der Waals surface area contributed by atoms with E-state index < -0.39 is 0 Å². The minimum Gasteiger partial charge on any atom is -0.368 e. The molecule has 0 unspecified atom stereocenters. The Morgan fingerprint density at radius 1 is 1.23 bits per heavy atom. The molecule has 1 fully saturated rings. The smallest absolute Gasteiger partial charge is 0.0953 e. The second-order valence-electron chi connectivity index (χ2n) is 3.50. The molecule has 0 amide bonds. The Morgan fingerprint density at radius 3 is 2.69 bits per heavy atom. The summed E-state index contributed by atoms with van der Waals surface area (Å²) in [5.41, 5.74) is 1.27. The van der Waals surface area contributed by atoms with Gasteiger partial charge >= 0.3 is 0 Å². The molecule has 1 aliphatic heterocycles. The molecule has 2 atom stereocenters. The van der Waals surface area contributed by atoms with Crippen molar-refractivity contribution in [2.75, 3.05) is 13.1 Å². The highest BCUT2D eigenvalue weighted by molar-refractivity contribution is 5.18. The van der Waals surface area contributed by atoms with Crippen LogP contribution in [0.5, 0.6) is 0 Å². The van der Waals surface area contributed by atoms with Gasteiger partial charge in [-0.3, -0.25) is 0 Å². The van der Waals surface area contributed by atoms with Crippen LogP contribution in [0.1, 0.15) is 18.6 Å². The highest BCUT2D eigenvalue weighted by atomic mass is 16.5. The minimum absolute atomic E-state index is 0.227. The number of ether oxygens (including phenoxy) is 1. The van der Waals surface area contributed by atoms with E-state index in [1.54, 1.807) is 0 Å². The zero-order valence-electron chi connectivity index (χ0n) is 7.86. The predicted molar refractivity (Wildman–Crippen MR) is 52.6 cm³/mol. The Hall–Kier alpha value is -0.860. The van der Waals surface area contributed by atoms with E-state index >= 15 is 0 Å². The topological polar surface area (TPSA) is 21.3 Å². The first kappa shape index (κ1) is 8.73. The molecule has 1 aliphatic rings. The van der Waals surface area contributed by atoms with Gasteiger partial charge in [-0.05, 0) is 12.5 Å². The lowest BCUT2D eigenvalue weighted by Gasteiger charge is -2.28. The quantitative estimate of drug-likeness (QED) is 0.705. The van der Waals surface area contributed by atoms with Gasteiger partial charge in [0.1, 0.15) is 0 Å². The van der Waals surface area contributed by atoms with Gasteiger partial charge in [0.05, 0.1) is 12.2 Å². The van der Waals surface area contributed by atoms with E-state index in [1.165, 1.54) is 5.56 Å². The van der Waals surface area contributed by atoms with Crippen molar-refractivity contribution in [2.45, 2.75) is 19.1 Å². The molecule has 13 heavy (non-hydrogen) atoms. The van der Waals surface area contributed by atoms with E-state index in [9.17, 15) is 0 Å². The highest BCUT2D eigenvalue weighted by Gasteiger charge is 2.19. The molecule has 2 nitrogen and oxygen atoms in total. The van der Waals surface area contributed by atoms with Gasteiger partial charge in [-0.25, -0.2) is 0 Å². The summed E-state index contributed by atoms with van der Waals surface area (Å²) in [6, 6.07) is 10.4. The summed E-state index contributed by atoms with van der Waals surface area (Å²) in [4.78, 5) is 0. The van der Waals surface area contributed by atoms with Crippen molar-refractivity contribution in [3.8, 4) is 0 Å². The third-order valence-electron chi connectivity index (χ3n) is 2.33. The van der Waals surface area contributed by atoms with Crippen molar-refractivity contribution in [2.24, 2.45) is 0 Å². The summed E-state index contributed by atoms with van der Waals surface area (Å²) < 4.78 is 5.81. The van der Waals surface area contributed by atoms with Crippen LogP contribution < -0.4 is 5.32 Å². The fourth-order valence-corrected chi connectivity index (χ4v) is 1.66. The fourth-order valence-electron chi connectivity index (χ4n) is 1.66. The molecule has 1 aromatic carbocycles. The average molecular weight is 177 g/mol. The first-order valence-corrected chi connectivity index (χ1v) is 4.77. The van der Waals surface area contributed by atoms with Crippen molar-refractivity contribution in [1.82, 2.24) is 5.32 Å². The van der Waals surface area contributed by atoms with Crippen LogP contribution in [-0.2, 0) is 4.74 Å². The summed E-state index contributed by atoms with van der Waals surface area (Å²) in [5.74, 6) is 0. The van der Waals surface area contributed by atoms with Crippen molar-refractivity contribution < 1.29 is 4.74 Å². The molecular formula is C11H15NO. The van der Waals surface area contributed by atoms with Gasteiger partial charge in [-0.15, -0.1) is 0 Å². The van der Waals surface area contributed by atoms with E-state index in [-0.39, 0.29) is 6.10 Å². The maximum absolute atomic E-state index is 5.81. The van der Waals surface area contributed by atoms with E-state index in [0.29, 0.717) is 6.10 Å². The van der Waals surface area contributed by atoms with Crippen molar-refractivity contribution in [1.29, 1.82) is 0 Å². The maximum atomic E-state index is 5.81. The second-order valence-corrected chi connectivity index (χ2v) is 3.50.